The number of rotatable bonds is 5. The standard InChI is InChI=1S/C10H23N2OP.C2H6/c1-9(2)5-11-6-10-7-12(8-14)3-4-13-10;1-2/h9-11H,3-8,14H2,1-2H3;1-2H3. The molecule has 1 aliphatic rings. The highest BCUT2D eigenvalue weighted by Gasteiger charge is 2.18. The van der Waals surface area contributed by atoms with E-state index in [2.05, 4.69) is 33.3 Å². The van der Waals surface area contributed by atoms with Crippen LogP contribution in [0, 0.1) is 5.92 Å². The second kappa shape index (κ2) is 10.5. The van der Waals surface area contributed by atoms with Crippen molar-refractivity contribution in [3.05, 3.63) is 0 Å². The van der Waals surface area contributed by atoms with Gasteiger partial charge in [0.2, 0.25) is 0 Å². The van der Waals surface area contributed by atoms with Crippen LogP contribution in [0.3, 0.4) is 0 Å². The lowest BCUT2D eigenvalue weighted by Crippen LogP contribution is -2.46. The van der Waals surface area contributed by atoms with Crippen LogP contribution < -0.4 is 5.32 Å². The molecule has 98 valence electrons. The van der Waals surface area contributed by atoms with Gasteiger partial charge in [-0.15, -0.1) is 9.24 Å². The largest absolute Gasteiger partial charge is 0.374 e. The molecule has 0 aromatic heterocycles. The summed E-state index contributed by atoms with van der Waals surface area (Å²) in [4.78, 5) is 2.41. The molecule has 0 aromatic carbocycles. The number of nitrogens with one attached hydrogen (secondary N) is 1. The molecule has 2 atom stereocenters. The molecule has 0 saturated carbocycles. The van der Waals surface area contributed by atoms with Crippen molar-refractivity contribution < 1.29 is 4.74 Å². The second-order valence-corrected chi connectivity index (χ2v) is 4.67. The fourth-order valence-electron chi connectivity index (χ4n) is 1.60. The summed E-state index contributed by atoms with van der Waals surface area (Å²) < 4.78 is 5.68. The molecule has 0 radical (unpaired) electrons. The summed E-state index contributed by atoms with van der Waals surface area (Å²) in [7, 11) is 2.78. The molecule has 0 aromatic rings. The first-order chi connectivity index (χ1) is 7.72. The summed E-state index contributed by atoms with van der Waals surface area (Å²) in [6, 6.07) is 0. The first-order valence-corrected chi connectivity index (χ1v) is 7.28. The minimum Gasteiger partial charge on any atom is -0.374 e. The topological polar surface area (TPSA) is 24.5 Å². The third-order valence-corrected chi connectivity index (χ3v) is 2.92. The maximum atomic E-state index is 5.68. The highest BCUT2D eigenvalue weighted by Crippen LogP contribution is 2.05. The lowest BCUT2D eigenvalue weighted by atomic mass is 10.2. The molecule has 1 rings (SSSR count). The zero-order chi connectivity index (χ0) is 12.4. The Kier molecular flexibility index (Phi) is 10.7. The van der Waals surface area contributed by atoms with Crippen molar-refractivity contribution in [2.75, 3.05) is 39.1 Å². The van der Waals surface area contributed by atoms with Crippen LogP contribution in [-0.4, -0.2) is 50.1 Å². The minimum atomic E-state index is 0.378. The Balaban J connectivity index is 0.00000106. The molecule has 0 spiro atoms. The van der Waals surface area contributed by atoms with Gasteiger partial charge in [0.25, 0.3) is 0 Å². The smallest absolute Gasteiger partial charge is 0.0826 e. The van der Waals surface area contributed by atoms with Gasteiger partial charge in [-0.3, -0.25) is 4.90 Å². The van der Waals surface area contributed by atoms with Crippen molar-refractivity contribution in [3.63, 3.8) is 0 Å². The van der Waals surface area contributed by atoms with Crippen LogP contribution in [0.1, 0.15) is 27.7 Å². The molecule has 1 fully saturated rings. The number of hydrogen-bond acceptors (Lipinski definition) is 3. The summed E-state index contributed by atoms with van der Waals surface area (Å²) in [5.41, 5.74) is 0. The zero-order valence-electron chi connectivity index (χ0n) is 11.3. The highest BCUT2D eigenvalue weighted by molar-refractivity contribution is 7.16. The highest BCUT2D eigenvalue weighted by atomic mass is 31.0. The van der Waals surface area contributed by atoms with E-state index >= 15 is 0 Å². The molecular formula is C12H29N2OP. The van der Waals surface area contributed by atoms with E-state index in [0.29, 0.717) is 6.10 Å². The van der Waals surface area contributed by atoms with Gasteiger partial charge in [-0.05, 0) is 12.5 Å². The van der Waals surface area contributed by atoms with E-state index in [1.165, 1.54) is 0 Å². The van der Waals surface area contributed by atoms with Crippen LogP contribution in [0.2, 0.25) is 0 Å². The van der Waals surface area contributed by atoms with Crippen LogP contribution in [0.4, 0.5) is 0 Å². The molecule has 1 aliphatic heterocycles. The molecular weight excluding hydrogens is 219 g/mol. The van der Waals surface area contributed by atoms with Gasteiger partial charge >= 0.3 is 0 Å². The average Bonchev–Trinajstić information content (AvgIpc) is 2.31. The van der Waals surface area contributed by atoms with Gasteiger partial charge in [0.1, 0.15) is 0 Å². The van der Waals surface area contributed by atoms with Crippen LogP contribution in [0.15, 0.2) is 0 Å². The lowest BCUT2D eigenvalue weighted by Gasteiger charge is -2.32. The van der Waals surface area contributed by atoms with E-state index in [-0.39, 0.29) is 0 Å². The second-order valence-electron chi connectivity index (χ2n) is 4.30. The summed E-state index contributed by atoms with van der Waals surface area (Å²) in [6.45, 7) is 13.5. The minimum absolute atomic E-state index is 0.378. The van der Waals surface area contributed by atoms with E-state index in [1.807, 2.05) is 13.8 Å². The van der Waals surface area contributed by atoms with Gasteiger partial charge in [-0.25, -0.2) is 0 Å². The predicted octanol–water partition coefficient (Wildman–Crippen LogP) is 1.79. The maximum absolute atomic E-state index is 5.68. The molecule has 1 saturated heterocycles. The molecule has 0 aliphatic carbocycles. The third-order valence-electron chi connectivity index (χ3n) is 2.41. The Bertz CT molecular complexity index is 156. The Morgan fingerprint density at radius 2 is 2.12 bits per heavy atom. The van der Waals surface area contributed by atoms with Gasteiger partial charge in [0.15, 0.2) is 0 Å². The van der Waals surface area contributed by atoms with Crippen molar-refractivity contribution in [2.24, 2.45) is 5.92 Å². The summed E-state index contributed by atoms with van der Waals surface area (Å²) in [5, 5.41) is 3.44. The quantitative estimate of drug-likeness (QED) is 0.751. The molecule has 16 heavy (non-hydrogen) atoms. The molecule has 1 N–H and O–H groups in total. The van der Waals surface area contributed by atoms with Crippen molar-refractivity contribution in [3.8, 4) is 0 Å². The molecule has 4 heteroatoms. The Morgan fingerprint density at radius 3 is 2.69 bits per heavy atom. The fourth-order valence-corrected chi connectivity index (χ4v) is 1.93. The fraction of sp³-hybridized carbons (Fsp3) is 1.00. The van der Waals surface area contributed by atoms with Crippen LogP contribution in [0.5, 0.6) is 0 Å². The number of morpholine rings is 1. The van der Waals surface area contributed by atoms with E-state index in [1.54, 1.807) is 0 Å². The van der Waals surface area contributed by atoms with Crippen LogP contribution in [0.25, 0.3) is 0 Å². The SMILES string of the molecule is CC.CC(C)CNCC1CN(CP)CCO1. The first kappa shape index (κ1) is 16.3. The first-order valence-electron chi connectivity index (χ1n) is 6.47. The predicted molar refractivity (Wildman–Crippen MR) is 74.9 cm³/mol. The normalized spacial score (nSPS) is 21.8. The van der Waals surface area contributed by atoms with Gasteiger partial charge in [0, 0.05) is 25.9 Å². The number of hydrogen-bond donors (Lipinski definition) is 1. The molecule has 3 nitrogen and oxygen atoms in total. The van der Waals surface area contributed by atoms with Gasteiger partial charge < -0.3 is 10.1 Å². The van der Waals surface area contributed by atoms with E-state index < -0.39 is 0 Å². The maximum Gasteiger partial charge on any atom is 0.0826 e. The molecule has 1 heterocycles. The van der Waals surface area contributed by atoms with Crippen molar-refractivity contribution >= 4 is 9.24 Å². The van der Waals surface area contributed by atoms with Gasteiger partial charge in [0.05, 0.1) is 12.7 Å². The van der Waals surface area contributed by atoms with Gasteiger partial charge in [-0.1, -0.05) is 27.7 Å². The Morgan fingerprint density at radius 1 is 1.44 bits per heavy atom. The van der Waals surface area contributed by atoms with Crippen molar-refractivity contribution in [2.45, 2.75) is 33.8 Å². The summed E-state index contributed by atoms with van der Waals surface area (Å²) in [5.74, 6) is 0.719. The molecule has 2 unspecified atom stereocenters. The van der Waals surface area contributed by atoms with Crippen LogP contribution in [-0.2, 0) is 4.74 Å². The average molecular weight is 248 g/mol. The Hall–Kier alpha value is 0.310. The molecule has 0 bridgehead atoms. The van der Waals surface area contributed by atoms with Crippen LogP contribution >= 0.6 is 9.24 Å². The van der Waals surface area contributed by atoms with E-state index in [4.69, 9.17) is 4.74 Å². The van der Waals surface area contributed by atoms with Crippen molar-refractivity contribution in [1.29, 1.82) is 0 Å². The van der Waals surface area contributed by atoms with Gasteiger partial charge in [-0.2, -0.15) is 0 Å². The molecule has 0 amide bonds. The van der Waals surface area contributed by atoms with E-state index in [0.717, 1.165) is 45.0 Å². The lowest BCUT2D eigenvalue weighted by molar-refractivity contribution is -0.0205. The third kappa shape index (κ3) is 7.56. The monoisotopic (exact) mass is 248 g/mol. The summed E-state index contributed by atoms with van der Waals surface area (Å²) >= 11 is 0. The zero-order valence-corrected chi connectivity index (χ0v) is 12.5. The van der Waals surface area contributed by atoms with Crippen molar-refractivity contribution in [1.82, 2.24) is 10.2 Å². The Labute approximate surface area is 104 Å². The number of ether oxygens (including phenoxy) is 1. The van der Waals surface area contributed by atoms with E-state index in [9.17, 15) is 0 Å². The number of nitrogens with zero attached hydrogens (tertiary/aromatic N) is 1. The summed E-state index contributed by atoms with van der Waals surface area (Å²) in [6.07, 6.45) is 1.44.